The van der Waals surface area contributed by atoms with Gasteiger partial charge in [-0.15, -0.1) is 0 Å². The third-order valence-corrected chi connectivity index (χ3v) is 18.7. The topological polar surface area (TPSA) is 0 Å². The van der Waals surface area contributed by atoms with Crippen molar-refractivity contribution in [3.05, 3.63) is 194 Å². The Bertz CT molecular complexity index is 3310. The maximum atomic E-state index is 2.55. The zero-order valence-electron chi connectivity index (χ0n) is 31.0. The normalized spacial score (nSPS) is 13.8. The number of rotatable bonds is 0. The summed E-state index contributed by atoms with van der Waals surface area (Å²) >= 11 is 0. The van der Waals surface area contributed by atoms with Crippen LogP contribution in [0.4, 0.5) is 0 Å². The molecule has 2 heterocycles. The lowest BCUT2D eigenvalue weighted by atomic mass is 9.89. The Morgan fingerprint density at radius 3 is 0.667 bits per heavy atom. The molecule has 12 aromatic carbocycles. The lowest BCUT2D eigenvalue weighted by Crippen LogP contribution is -2.70. The average Bonchev–Trinajstić information content (AvgIpc) is 3.76. The van der Waals surface area contributed by atoms with Crippen LogP contribution in [0.5, 0.6) is 0 Å². The molecule has 0 amide bonds. The van der Waals surface area contributed by atoms with Gasteiger partial charge < -0.3 is 0 Å². The van der Waals surface area contributed by atoms with Gasteiger partial charge in [0.2, 0.25) is 0 Å². The van der Waals surface area contributed by atoms with Crippen LogP contribution in [0.25, 0.3) is 108 Å². The van der Waals surface area contributed by atoms with E-state index in [1.165, 1.54) is 129 Å². The Labute approximate surface area is 329 Å². The van der Waals surface area contributed by atoms with E-state index in [1.807, 2.05) is 0 Å². The maximum absolute atomic E-state index is 2.97. The smallest absolute Gasteiger partial charge is 0.0616 e. The molecular formula is C56H32Si. The standard InChI is InChI=1S/C56H32Si/c1-5-13-41-33(9-1)17-21-37-25-29-45-53(49(37)41)54-46(30-26-38-22-18-34-10-2-6-14-42(34)50(38)54)57(45)47-31-27-39-23-19-35-11-3-7-15-43(35)51(39)55(47)56-48(57)32-28-40-24-20-36-12-4-8-16-44(36)52(40)56/h1-32H. The van der Waals surface area contributed by atoms with Crippen molar-refractivity contribution in [1.29, 1.82) is 0 Å². The van der Waals surface area contributed by atoms with Gasteiger partial charge in [0.25, 0.3) is 0 Å². The van der Waals surface area contributed by atoms with Crippen molar-refractivity contribution in [3.63, 3.8) is 0 Å². The predicted molar refractivity (Wildman–Crippen MR) is 248 cm³/mol. The first-order chi connectivity index (χ1) is 28.3. The van der Waals surface area contributed by atoms with E-state index < -0.39 is 8.07 Å². The highest BCUT2D eigenvalue weighted by atomic mass is 28.3. The Hall–Kier alpha value is -7.06. The quantitative estimate of drug-likeness (QED) is 0.108. The van der Waals surface area contributed by atoms with E-state index >= 15 is 0 Å². The summed E-state index contributed by atoms with van der Waals surface area (Å²) in [6.07, 6.45) is 0. The molecule has 12 aromatic rings. The largest absolute Gasteiger partial charge is 0.182 e. The fraction of sp³-hybridized carbons (Fsp3) is 0. The highest BCUT2D eigenvalue weighted by Gasteiger charge is 2.56. The van der Waals surface area contributed by atoms with Crippen LogP contribution < -0.4 is 20.7 Å². The second kappa shape index (κ2) is 10.6. The van der Waals surface area contributed by atoms with Crippen LogP contribution in [0.15, 0.2) is 194 Å². The summed E-state index contributed by atoms with van der Waals surface area (Å²) in [6, 6.07) is 74.7. The van der Waals surface area contributed by atoms with E-state index in [0.29, 0.717) is 0 Å². The lowest BCUT2D eigenvalue weighted by Gasteiger charge is -2.28. The minimum absolute atomic E-state index is 1.29. The van der Waals surface area contributed by atoms with Gasteiger partial charge in [-0.3, -0.25) is 0 Å². The fourth-order valence-electron chi connectivity index (χ4n) is 11.5. The molecule has 0 aromatic heterocycles. The van der Waals surface area contributed by atoms with Crippen molar-refractivity contribution in [2.45, 2.75) is 0 Å². The molecule has 0 saturated carbocycles. The molecule has 0 radical (unpaired) electrons. The van der Waals surface area contributed by atoms with Crippen LogP contribution in [0.2, 0.25) is 0 Å². The highest BCUT2D eigenvalue weighted by molar-refractivity contribution is 7.25. The molecular weight excluding hydrogens is 701 g/mol. The monoisotopic (exact) mass is 732 g/mol. The van der Waals surface area contributed by atoms with E-state index in [9.17, 15) is 0 Å². The van der Waals surface area contributed by atoms with E-state index in [4.69, 9.17) is 0 Å². The number of fused-ring (bicyclic) bond motifs is 26. The summed E-state index contributed by atoms with van der Waals surface area (Å²) < 4.78 is 0. The van der Waals surface area contributed by atoms with E-state index in [1.54, 1.807) is 0 Å². The molecule has 2 aliphatic heterocycles. The van der Waals surface area contributed by atoms with Gasteiger partial charge in [0, 0.05) is 0 Å². The minimum Gasteiger partial charge on any atom is -0.0616 e. The molecule has 14 rings (SSSR count). The summed E-state index contributed by atoms with van der Waals surface area (Å²) in [7, 11) is -2.97. The molecule has 0 aliphatic carbocycles. The molecule has 2 aliphatic rings. The second-order valence-electron chi connectivity index (χ2n) is 16.2. The Balaban J connectivity index is 1.30. The third-order valence-electron chi connectivity index (χ3n) is 13.8. The lowest BCUT2D eigenvalue weighted by molar-refractivity contribution is 1.76. The summed E-state index contributed by atoms with van der Waals surface area (Å²) in [6.45, 7) is 0. The molecule has 0 nitrogen and oxygen atoms in total. The van der Waals surface area contributed by atoms with Gasteiger partial charge in [0.15, 0.2) is 8.07 Å². The van der Waals surface area contributed by atoms with Crippen molar-refractivity contribution < 1.29 is 0 Å². The zero-order valence-corrected chi connectivity index (χ0v) is 32.0. The molecule has 0 atom stereocenters. The molecule has 0 fully saturated rings. The SMILES string of the molecule is c1ccc2c(c1)ccc1ccc3c(c12)-c1c(ccc2ccc4ccccc4c12)[Si]31c2ccc3ccc4ccccc4c3c2-c2c1ccc1ccc3ccccc3c21. The van der Waals surface area contributed by atoms with Gasteiger partial charge >= 0.3 is 0 Å². The van der Waals surface area contributed by atoms with E-state index in [2.05, 4.69) is 194 Å². The van der Waals surface area contributed by atoms with Crippen LogP contribution in [0, 0.1) is 0 Å². The molecule has 260 valence electrons. The van der Waals surface area contributed by atoms with Gasteiger partial charge in [-0.25, -0.2) is 0 Å². The van der Waals surface area contributed by atoms with Gasteiger partial charge in [-0.05, 0) is 129 Å². The van der Waals surface area contributed by atoms with E-state index in [-0.39, 0.29) is 0 Å². The summed E-state index contributed by atoms with van der Waals surface area (Å²) in [5.41, 5.74) is 5.73. The summed E-state index contributed by atoms with van der Waals surface area (Å²) in [5.74, 6) is 0. The second-order valence-corrected chi connectivity index (χ2v) is 19.9. The molecule has 0 bridgehead atoms. The van der Waals surface area contributed by atoms with E-state index in [0.717, 1.165) is 0 Å². The summed E-state index contributed by atoms with van der Waals surface area (Å²) in [4.78, 5) is 0. The van der Waals surface area contributed by atoms with Crippen LogP contribution in [-0.2, 0) is 0 Å². The van der Waals surface area contributed by atoms with Crippen molar-refractivity contribution >= 4 is 115 Å². The molecule has 0 saturated heterocycles. The van der Waals surface area contributed by atoms with Crippen LogP contribution in [0.1, 0.15) is 0 Å². The van der Waals surface area contributed by atoms with Crippen LogP contribution in [0.3, 0.4) is 0 Å². The zero-order chi connectivity index (χ0) is 37.0. The first-order valence-electron chi connectivity index (χ1n) is 20.1. The average molecular weight is 733 g/mol. The predicted octanol–water partition coefficient (Wildman–Crippen LogP) is 12.3. The molecule has 1 heteroatoms. The first kappa shape index (κ1) is 30.2. The molecule has 1 spiro atoms. The number of benzene rings is 12. The van der Waals surface area contributed by atoms with Gasteiger partial charge in [0.05, 0.1) is 0 Å². The van der Waals surface area contributed by atoms with Crippen molar-refractivity contribution in [1.82, 2.24) is 0 Å². The van der Waals surface area contributed by atoms with Crippen molar-refractivity contribution in [2.75, 3.05) is 0 Å². The van der Waals surface area contributed by atoms with Gasteiger partial charge in [-0.2, -0.15) is 0 Å². The fourth-order valence-corrected chi connectivity index (χ4v) is 17.1. The third kappa shape index (κ3) is 3.60. The number of hydrogen-bond acceptors (Lipinski definition) is 0. The molecule has 0 unspecified atom stereocenters. The summed E-state index contributed by atoms with van der Waals surface area (Å²) in [5, 5.41) is 27.2. The number of hydrogen-bond donors (Lipinski definition) is 0. The van der Waals surface area contributed by atoms with Gasteiger partial charge in [0.1, 0.15) is 0 Å². The van der Waals surface area contributed by atoms with Gasteiger partial charge in [-0.1, -0.05) is 194 Å². The molecule has 57 heavy (non-hydrogen) atoms. The molecule has 0 N–H and O–H groups in total. The van der Waals surface area contributed by atoms with Crippen molar-refractivity contribution in [2.24, 2.45) is 0 Å². The Morgan fingerprint density at radius 2 is 0.404 bits per heavy atom. The van der Waals surface area contributed by atoms with Crippen LogP contribution >= 0.6 is 0 Å². The Kier molecular flexibility index (Phi) is 5.62. The van der Waals surface area contributed by atoms with Crippen LogP contribution in [-0.4, -0.2) is 8.07 Å². The maximum Gasteiger partial charge on any atom is 0.182 e. The Morgan fingerprint density at radius 1 is 0.193 bits per heavy atom. The first-order valence-corrected chi connectivity index (χ1v) is 22.1. The van der Waals surface area contributed by atoms with Crippen molar-refractivity contribution in [3.8, 4) is 22.3 Å². The highest BCUT2D eigenvalue weighted by Crippen LogP contribution is 2.49. The minimum atomic E-state index is -2.97.